The number of nitrogens with two attached hydrogens (primary N) is 1. The van der Waals surface area contributed by atoms with Gasteiger partial charge in [0, 0.05) is 6.04 Å². The number of nitrogen functional groups attached to an aromatic ring is 1. The quantitative estimate of drug-likeness (QED) is 0.611. The molecule has 1 heterocycles. The second kappa shape index (κ2) is 4.08. The van der Waals surface area contributed by atoms with Crippen molar-refractivity contribution in [3.63, 3.8) is 0 Å². The topological polar surface area (TPSA) is 77.0 Å². The summed E-state index contributed by atoms with van der Waals surface area (Å²) < 4.78 is 4.74. The minimum absolute atomic E-state index is 0.448. The fraction of sp³-hybridized carbons (Fsp3) is 0.333. The van der Waals surface area contributed by atoms with Crippen LogP contribution in [0.2, 0.25) is 0 Å². The van der Waals surface area contributed by atoms with Crippen LogP contribution in [-0.4, -0.2) is 16.4 Å². The normalized spacial score (nSPS) is 19.6. The first-order valence-electron chi connectivity index (χ1n) is 5.77. The monoisotopic (exact) mass is 230 g/mol. The summed E-state index contributed by atoms with van der Waals surface area (Å²) in [5, 5.41) is 11.2. The Bertz CT molecular complexity index is 561. The maximum atomic E-state index is 5.80. The molecule has 1 aliphatic rings. The standard InChI is InChI=1S/C12H14N4O/c13-9-6-7-10(12-11(9)15-17-16-12)14-8-4-2-1-3-5-8/h1-2,6-8,14H,3-5,13H2. The van der Waals surface area contributed by atoms with E-state index in [0.29, 0.717) is 22.8 Å². The van der Waals surface area contributed by atoms with Gasteiger partial charge in [0.1, 0.15) is 0 Å². The Balaban J connectivity index is 1.92. The summed E-state index contributed by atoms with van der Waals surface area (Å²) in [5.74, 6) is 0. The molecule has 0 fully saturated rings. The van der Waals surface area contributed by atoms with E-state index in [-0.39, 0.29) is 0 Å². The van der Waals surface area contributed by atoms with Gasteiger partial charge in [-0.1, -0.05) is 12.2 Å². The van der Waals surface area contributed by atoms with Gasteiger partial charge in [-0.25, -0.2) is 4.63 Å². The highest BCUT2D eigenvalue weighted by atomic mass is 16.6. The number of rotatable bonds is 2. The van der Waals surface area contributed by atoms with Crippen molar-refractivity contribution in [1.29, 1.82) is 0 Å². The van der Waals surface area contributed by atoms with Gasteiger partial charge in [0.15, 0.2) is 11.0 Å². The maximum Gasteiger partial charge on any atom is 0.160 e. The number of allylic oxidation sites excluding steroid dienone is 1. The van der Waals surface area contributed by atoms with Crippen LogP contribution in [0.3, 0.4) is 0 Å². The highest BCUT2D eigenvalue weighted by molar-refractivity contribution is 5.95. The summed E-state index contributed by atoms with van der Waals surface area (Å²) in [5.41, 5.74) is 8.67. The highest BCUT2D eigenvalue weighted by Crippen LogP contribution is 2.27. The largest absolute Gasteiger partial charge is 0.397 e. The van der Waals surface area contributed by atoms with Gasteiger partial charge in [-0.15, -0.1) is 0 Å². The van der Waals surface area contributed by atoms with Crippen molar-refractivity contribution in [2.75, 3.05) is 11.1 Å². The lowest BCUT2D eigenvalue weighted by Crippen LogP contribution is -2.20. The van der Waals surface area contributed by atoms with Gasteiger partial charge >= 0.3 is 0 Å². The molecule has 1 aliphatic carbocycles. The minimum atomic E-state index is 0.448. The van der Waals surface area contributed by atoms with Crippen molar-refractivity contribution >= 4 is 22.4 Å². The van der Waals surface area contributed by atoms with Gasteiger partial charge in [-0.05, 0) is 41.7 Å². The number of aromatic nitrogens is 2. The SMILES string of the molecule is Nc1ccc(NC2CC=CCC2)c2nonc12. The molecule has 0 aliphatic heterocycles. The second-order valence-electron chi connectivity index (χ2n) is 4.29. The molecule has 88 valence electrons. The molecule has 3 rings (SSSR count). The van der Waals surface area contributed by atoms with Gasteiger partial charge in [0.25, 0.3) is 0 Å². The summed E-state index contributed by atoms with van der Waals surface area (Å²) in [6.07, 6.45) is 7.71. The van der Waals surface area contributed by atoms with Crippen molar-refractivity contribution in [2.24, 2.45) is 0 Å². The number of fused-ring (bicyclic) bond motifs is 1. The van der Waals surface area contributed by atoms with E-state index >= 15 is 0 Å². The van der Waals surface area contributed by atoms with Gasteiger partial charge in [0.2, 0.25) is 0 Å². The van der Waals surface area contributed by atoms with E-state index in [1.54, 1.807) is 0 Å². The van der Waals surface area contributed by atoms with Crippen LogP contribution in [0.5, 0.6) is 0 Å². The predicted octanol–water partition coefficient (Wildman–Crippen LogP) is 2.33. The number of nitrogens with one attached hydrogen (secondary N) is 1. The number of hydrogen-bond acceptors (Lipinski definition) is 5. The van der Waals surface area contributed by atoms with Gasteiger partial charge < -0.3 is 11.1 Å². The first-order valence-corrected chi connectivity index (χ1v) is 5.77. The third-order valence-electron chi connectivity index (χ3n) is 3.08. The smallest absolute Gasteiger partial charge is 0.160 e. The molecule has 2 aromatic rings. The summed E-state index contributed by atoms with van der Waals surface area (Å²) >= 11 is 0. The fourth-order valence-corrected chi connectivity index (χ4v) is 2.15. The molecule has 0 bridgehead atoms. The molecule has 1 unspecified atom stereocenters. The molecule has 0 saturated carbocycles. The molecule has 5 heteroatoms. The molecule has 3 N–H and O–H groups in total. The van der Waals surface area contributed by atoms with E-state index in [2.05, 4.69) is 27.8 Å². The van der Waals surface area contributed by atoms with Crippen molar-refractivity contribution in [1.82, 2.24) is 10.3 Å². The third-order valence-corrected chi connectivity index (χ3v) is 3.08. The van der Waals surface area contributed by atoms with E-state index < -0.39 is 0 Å². The van der Waals surface area contributed by atoms with Crippen molar-refractivity contribution in [3.8, 4) is 0 Å². The van der Waals surface area contributed by atoms with E-state index in [4.69, 9.17) is 10.4 Å². The molecular formula is C12H14N4O. The highest BCUT2D eigenvalue weighted by Gasteiger charge is 2.14. The Morgan fingerprint density at radius 1 is 1.24 bits per heavy atom. The molecule has 0 amide bonds. The third kappa shape index (κ3) is 1.84. The number of hydrogen-bond donors (Lipinski definition) is 2. The molecule has 1 aromatic carbocycles. The van der Waals surface area contributed by atoms with Gasteiger partial charge in [-0.3, -0.25) is 0 Å². The lowest BCUT2D eigenvalue weighted by atomic mass is 10.0. The Morgan fingerprint density at radius 3 is 2.94 bits per heavy atom. The van der Waals surface area contributed by atoms with Crippen LogP contribution in [0.25, 0.3) is 11.0 Å². The van der Waals surface area contributed by atoms with Crippen LogP contribution in [0.1, 0.15) is 19.3 Å². The van der Waals surface area contributed by atoms with Gasteiger partial charge in [0.05, 0.1) is 11.4 Å². The molecule has 0 saturated heterocycles. The zero-order valence-electron chi connectivity index (χ0n) is 9.39. The van der Waals surface area contributed by atoms with Crippen molar-refractivity contribution < 1.29 is 4.63 Å². The molecule has 0 spiro atoms. The van der Waals surface area contributed by atoms with E-state index in [0.717, 1.165) is 24.9 Å². The average molecular weight is 230 g/mol. The summed E-state index contributed by atoms with van der Waals surface area (Å²) in [6, 6.07) is 4.21. The van der Waals surface area contributed by atoms with E-state index in [1.807, 2.05) is 12.1 Å². The average Bonchev–Trinajstić information content (AvgIpc) is 2.84. The summed E-state index contributed by atoms with van der Waals surface area (Å²) in [4.78, 5) is 0. The Hall–Kier alpha value is -2.04. The van der Waals surface area contributed by atoms with E-state index in [1.165, 1.54) is 0 Å². The van der Waals surface area contributed by atoms with E-state index in [9.17, 15) is 0 Å². The minimum Gasteiger partial charge on any atom is -0.397 e. The second-order valence-corrected chi connectivity index (χ2v) is 4.29. The summed E-state index contributed by atoms with van der Waals surface area (Å²) in [7, 11) is 0. The lowest BCUT2D eigenvalue weighted by Gasteiger charge is -2.20. The van der Waals surface area contributed by atoms with Crippen LogP contribution in [0.15, 0.2) is 28.9 Å². The van der Waals surface area contributed by atoms with Gasteiger partial charge in [-0.2, -0.15) is 0 Å². The Kier molecular flexibility index (Phi) is 2.44. The first kappa shape index (κ1) is 10.1. The molecule has 1 atom stereocenters. The van der Waals surface area contributed by atoms with Crippen LogP contribution < -0.4 is 11.1 Å². The Labute approximate surface area is 98.6 Å². The number of nitrogens with zero attached hydrogens (tertiary/aromatic N) is 2. The molecule has 1 aromatic heterocycles. The zero-order chi connectivity index (χ0) is 11.7. The molecule has 0 radical (unpaired) electrons. The fourth-order valence-electron chi connectivity index (χ4n) is 2.15. The van der Waals surface area contributed by atoms with Crippen LogP contribution in [0.4, 0.5) is 11.4 Å². The predicted molar refractivity (Wildman–Crippen MR) is 66.6 cm³/mol. The molecular weight excluding hydrogens is 216 g/mol. The van der Waals surface area contributed by atoms with Crippen LogP contribution >= 0.6 is 0 Å². The molecule has 17 heavy (non-hydrogen) atoms. The number of benzene rings is 1. The number of anilines is 2. The zero-order valence-corrected chi connectivity index (χ0v) is 9.39. The Morgan fingerprint density at radius 2 is 2.12 bits per heavy atom. The van der Waals surface area contributed by atoms with Crippen molar-refractivity contribution in [3.05, 3.63) is 24.3 Å². The molecule has 5 nitrogen and oxygen atoms in total. The first-order chi connectivity index (χ1) is 8.34. The maximum absolute atomic E-state index is 5.80. The van der Waals surface area contributed by atoms with Crippen LogP contribution in [-0.2, 0) is 0 Å². The summed E-state index contributed by atoms with van der Waals surface area (Å²) in [6.45, 7) is 0. The lowest BCUT2D eigenvalue weighted by molar-refractivity contribution is 0.315. The van der Waals surface area contributed by atoms with Crippen LogP contribution in [0, 0.1) is 0 Å². The van der Waals surface area contributed by atoms with Crippen molar-refractivity contribution in [2.45, 2.75) is 25.3 Å².